The number of carbonyl (C=O) groups is 1. The Hall–Kier alpha value is -2.62. The number of hydrogen-bond acceptors (Lipinski definition) is 3. The van der Waals surface area contributed by atoms with Crippen LogP contribution in [-0.4, -0.2) is 12.2 Å². The van der Waals surface area contributed by atoms with Gasteiger partial charge in [-0.05, 0) is 17.2 Å². The molecule has 0 fully saturated rings. The first-order valence-corrected chi connectivity index (χ1v) is 5.38. The van der Waals surface area contributed by atoms with Crippen LogP contribution in [0.1, 0.15) is 15.9 Å². The number of azo groups is 1. The highest BCUT2D eigenvalue weighted by Crippen LogP contribution is 2.36. The van der Waals surface area contributed by atoms with Crippen molar-refractivity contribution in [1.82, 2.24) is 0 Å². The predicted molar refractivity (Wildman–Crippen MR) is 65.5 cm³/mol. The van der Waals surface area contributed by atoms with Crippen LogP contribution in [0.3, 0.4) is 0 Å². The Bertz CT molecular complexity index is 690. The summed E-state index contributed by atoms with van der Waals surface area (Å²) in [5.41, 5.74) is 2.75. The number of rotatable bonds is 2. The molecule has 0 saturated heterocycles. The van der Waals surface area contributed by atoms with Gasteiger partial charge in [0.2, 0.25) is 6.29 Å². The molecule has 0 spiro atoms. The van der Waals surface area contributed by atoms with Crippen molar-refractivity contribution in [2.45, 2.75) is 0 Å². The van der Waals surface area contributed by atoms with Gasteiger partial charge in [-0.3, -0.25) is 9.59 Å². The van der Waals surface area contributed by atoms with Crippen LogP contribution in [0.5, 0.6) is 0 Å². The molecule has 1 aliphatic heterocycles. The maximum Gasteiger partial charge on any atom is 0.298 e. The van der Waals surface area contributed by atoms with E-state index in [4.69, 9.17) is 0 Å². The van der Waals surface area contributed by atoms with Gasteiger partial charge in [-0.1, -0.05) is 36.4 Å². The van der Waals surface area contributed by atoms with Crippen LogP contribution >= 0.6 is 0 Å². The molecule has 4 heteroatoms. The smallest absolute Gasteiger partial charge is 0.285 e. The van der Waals surface area contributed by atoms with Crippen LogP contribution in [0.25, 0.3) is 11.1 Å². The SMILES string of the molecule is O=[C]c1ccccc1-c1cccc2c1C(=O)N=N2. The Kier molecular flexibility index (Phi) is 2.34. The van der Waals surface area contributed by atoms with Crippen molar-refractivity contribution in [3.05, 3.63) is 53.6 Å². The third kappa shape index (κ3) is 1.47. The van der Waals surface area contributed by atoms with Crippen LogP contribution in [-0.2, 0) is 4.79 Å². The van der Waals surface area contributed by atoms with Gasteiger partial charge in [0.05, 0.1) is 11.3 Å². The van der Waals surface area contributed by atoms with E-state index in [2.05, 4.69) is 10.2 Å². The summed E-state index contributed by atoms with van der Waals surface area (Å²) in [6.07, 6.45) is 1.88. The number of amides is 1. The van der Waals surface area contributed by atoms with E-state index < -0.39 is 0 Å². The van der Waals surface area contributed by atoms with Crippen molar-refractivity contribution in [3.8, 4) is 11.1 Å². The lowest BCUT2D eigenvalue weighted by atomic mass is 9.95. The number of hydrogen-bond donors (Lipinski definition) is 0. The van der Waals surface area contributed by atoms with E-state index in [0.29, 0.717) is 27.9 Å². The van der Waals surface area contributed by atoms with Gasteiger partial charge in [0.25, 0.3) is 5.91 Å². The van der Waals surface area contributed by atoms with E-state index in [9.17, 15) is 9.59 Å². The molecule has 2 aromatic rings. The van der Waals surface area contributed by atoms with E-state index in [1.165, 1.54) is 0 Å². The first-order chi connectivity index (χ1) is 8.81. The average Bonchev–Trinajstić information content (AvgIpc) is 2.81. The molecule has 18 heavy (non-hydrogen) atoms. The molecule has 1 aliphatic rings. The highest BCUT2D eigenvalue weighted by Gasteiger charge is 2.22. The molecule has 0 unspecified atom stereocenters. The Morgan fingerprint density at radius 3 is 2.50 bits per heavy atom. The predicted octanol–water partition coefficient (Wildman–Crippen LogP) is 3.05. The van der Waals surface area contributed by atoms with Gasteiger partial charge in [0.15, 0.2) is 0 Å². The maximum absolute atomic E-state index is 11.7. The maximum atomic E-state index is 11.7. The zero-order valence-corrected chi connectivity index (χ0v) is 9.25. The van der Waals surface area contributed by atoms with Gasteiger partial charge >= 0.3 is 0 Å². The number of fused-ring (bicyclic) bond motifs is 1. The quantitative estimate of drug-likeness (QED) is 0.803. The molecule has 4 nitrogen and oxygen atoms in total. The zero-order valence-electron chi connectivity index (χ0n) is 9.25. The van der Waals surface area contributed by atoms with Crippen molar-refractivity contribution in [2.24, 2.45) is 10.2 Å². The first-order valence-electron chi connectivity index (χ1n) is 5.38. The summed E-state index contributed by atoms with van der Waals surface area (Å²) in [6, 6.07) is 12.3. The third-order valence-electron chi connectivity index (χ3n) is 2.83. The Labute approximate surface area is 103 Å². The second-order valence-electron chi connectivity index (χ2n) is 3.85. The summed E-state index contributed by atoms with van der Waals surface area (Å²) >= 11 is 0. The number of benzene rings is 2. The Morgan fingerprint density at radius 2 is 1.67 bits per heavy atom. The largest absolute Gasteiger partial charge is 0.298 e. The van der Waals surface area contributed by atoms with Crippen LogP contribution in [0.4, 0.5) is 5.69 Å². The van der Waals surface area contributed by atoms with Gasteiger partial charge in [-0.15, -0.1) is 10.2 Å². The van der Waals surface area contributed by atoms with Gasteiger partial charge < -0.3 is 0 Å². The van der Waals surface area contributed by atoms with Crippen molar-refractivity contribution in [2.75, 3.05) is 0 Å². The molecular formula is C14H7N2O2. The summed E-state index contributed by atoms with van der Waals surface area (Å²) in [5.74, 6) is -0.374. The molecule has 0 saturated carbocycles. The minimum absolute atomic E-state index is 0.374. The highest BCUT2D eigenvalue weighted by molar-refractivity contribution is 6.09. The minimum atomic E-state index is -0.374. The molecule has 2 aromatic carbocycles. The second kappa shape index (κ2) is 4.00. The molecule has 1 heterocycles. The Balaban J connectivity index is 2.29. The van der Waals surface area contributed by atoms with Gasteiger partial charge in [-0.2, -0.15) is 0 Å². The first kappa shape index (κ1) is 10.5. The van der Waals surface area contributed by atoms with Gasteiger partial charge in [-0.25, -0.2) is 0 Å². The lowest BCUT2D eigenvalue weighted by molar-refractivity contribution is 0.100. The zero-order chi connectivity index (χ0) is 12.5. The topological polar surface area (TPSA) is 58.9 Å². The molecule has 0 aliphatic carbocycles. The van der Waals surface area contributed by atoms with Crippen molar-refractivity contribution < 1.29 is 9.59 Å². The van der Waals surface area contributed by atoms with Crippen LogP contribution < -0.4 is 0 Å². The molecule has 0 aromatic heterocycles. The summed E-state index contributed by atoms with van der Waals surface area (Å²) in [6.45, 7) is 0. The summed E-state index contributed by atoms with van der Waals surface area (Å²) in [5, 5.41) is 7.33. The fraction of sp³-hybridized carbons (Fsp3) is 0. The molecule has 85 valence electrons. The molecule has 0 N–H and O–H groups in total. The average molecular weight is 235 g/mol. The Morgan fingerprint density at radius 1 is 0.889 bits per heavy atom. The van der Waals surface area contributed by atoms with Gasteiger partial charge in [0.1, 0.15) is 0 Å². The lowest BCUT2D eigenvalue weighted by Crippen LogP contribution is -1.96. The number of nitrogens with zero attached hydrogens (tertiary/aromatic N) is 2. The summed E-state index contributed by atoms with van der Waals surface area (Å²) < 4.78 is 0. The molecule has 0 atom stereocenters. The molecule has 0 bridgehead atoms. The van der Waals surface area contributed by atoms with Crippen molar-refractivity contribution in [3.63, 3.8) is 0 Å². The molecule has 3 rings (SSSR count). The molecule has 1 amide bonds. The van der Waals surface area contributed by atoms with E-state index in [1.807, 2.05) is 12.4 Å². The minimum Gasteiger partial charge on any atom is -0.285 e. The lowest BCUT2D eigenvalue weighted by Gasteiger charge is -2.07. The normalized spacial score (nSPS) is 12.6. The monoisotopic (exact) mass is 235 g/mol. The van der Waals surface area contributed by atoms with Crippen LogP contribution in [0, 0.1) is 0 Å². The van der Waals surface area contributed by atoms with Crippen LogP contribution in [0.2, 0.25) is 0 Å². The number of carbonyl (C=O) groups excluding carboxylic acids is 2. The van der Waals surface area contributed by atoms with Crippen molar-refractivity contribution >= 4 is 17.9 Å². The van der Waals surface area contributed by atoms with E-state index in [-0.39, 0.29) is 5.91 Å². The second-order valence-corrected chi connectivity index (χ2v) is 3.85. The molecule has 1 radical (unpaired) electrons. The van der Waals surface area contributed by atoms with Crippen LogP contribution in [0.15, 0.2) is 52.7 Å². The third-order valence-corrected chi connectivity index (χ3v) is 2.83. The van der Waals surface area contributed by atoms with Gasteiger partial charge in [0, 0.05) is 5.56 Å². The van der Waals surface area contributed by atoms with Crippen molar-refractivity contribution in [1.29, 1.82) is 0 Å². The standard InChI is InChI=1S/C14H7N2O2/c17-8-9-4-1-2-5-10(9)11-6-3-7-12-13(11)14(18)16-15-12/h1-7H. The highest BCUT2D eigenvalue weighted by atomic mass is 16.2. The fourth-order valence-electron chi connectivity index (χ4n) is 2.03. The van der Waals surface area contributed by atoms with E-state index in [1.54, 1.807) is 36.4 Å². The fourth-order valence-corrected chi connectivity index (χ4v) is 2.03. The van der Waals surface area contributed by atoms with E-state index >= 15 is 0 Å². The summed E-state index contributed by atoms with van der Waals surface area (Å²) in [7, 11) is 0. The molecular weight excluding hydrogens is 228 g/mol. The summed E-state index contributed by atoms with van der Waals surface area (Å²) in [4.78, 5) is 22.6. The van der Waals surface area contributed by atoms with E-state index in [0.717, 1.165) is 0 Å².